The van der Waals surface area contributed by atoms with E-state index in [0.717, 1.165) is 29.0 Å². The number of carbonyl (C=O) groups excluding carboxylic acids is 2. The molecule has 0 N–H and O–H groups in total. The highest BCUT2D eigenvalue weighted by molar-refractivity contribution is 5.69. The normalized spacial score (nSPS) is 22.6. The van der Waals surface area contributed by atoms with Gasteiger partial charge >= 0.3 is 6.09 Å². The van der Waals surface area contributed by atoms with Gasteiger partial charge in [0.1, 0.15) is 42.3 Å². The number of benzene rings is 2. The minimum absolute atomic E-state index is 0.214. The molecule has 0 saturated carbocycles. The Morgan fingerprint density at radius 2 is 1.89 bits per heavy atom. The van der Waals surface area contributed by atoms with E-state index in [0.29, 0.717) is 19.6 Å². The number of fused-ring (bicyclic) bond motifs is 1. The van der Waals surface area contributed by atoms with E-state index in [4.69, 9.17) is 14.2 Å². The molecule has 2 amide bonds. The van der Waals surface area contributed by atoms with Gasteiger partial charge in [-0.2, -0.15) is 0 Å². The first-order valence-electron chi connectivity index (χ1n) is 12.9. The maximum atomic E-state index is 13.1. The Morgan fingerprint density at radius 1 is 1.16 bits per heavy atom. The number of hydrogen-bond donors (Lipinski definition) is 0. The van der Waals surface area contributed by atoms with Crippen molar-refractivity contribution in [3.05, 3.63) is 59.7 Å². The van der Waals surface area contributed by atoms with Gasteiger partial charge in [0, 0.05) is 24.0 Å². The van der Waals surface area contributed by atoms with Crippen molar-refractivity contribution >= 4 is 12.2 Å². The predicted octanol–water partition coefficient (Wildman–Crippen LogP) is 4.15. The van der Waals surface area contributed by atoms with Crippen molar-refractivity contribution < 1.29 is 33.4 Å². The average molecular weight is 511 g/mol. The van der Waals surface area contributed by atoms with Gasteiger partial charge in [-0.1, -0.05) is 30.3 Å². The van der Waals surface area contributed by atoms with Crippen LogP contribution in [0.15, 0.2) is 48.5 Å². The van der Waals surface area contributed by atoms with E-state index in [-0.39, 0.29) is 35.8 Å². The molecule has 200 valence electrons. The van der Waals surface area contributed by atoms with Crippen molar-refractivity contribution in [3.8, 4) is 11.5 Å². The van der Waals surface area contributed by atoms with Crippen LogP contribution >= 0.6 is 0 Å². The number of carbonyl (C=O) groups is 2. The molecule has 2 aliphatic heterocycles. The molecule has 2 aliphatic rings. The summed E-state index contributed by atoms with van der Waals surface area (Å²) in [5.74, 6) is 1.60. The minimum atomic E-state index is -1.14. The molecule has 2 aromatic rings. The molecule has 2 heterocycles. The molecule has 8 nitrogen and oxygen atoms in total. The smallest absolute Gasteiger partial charge is 0.410 e. The van der Waals surface area contributed by atoms with Crippen LogP contribution in [0.3, 0.4) is 0 Å². The van der Waals surface area contributed by atoms with Crippen molar-refractivity contribution in [1.29, 1.82) is 0 Å². The van der Waals surface area contributed by atoms with Crippen LogP contribution in [-0.4, -0.2) is 65.1 Å². The van der Waals surface area contributed by atoms with Gasteiger partial charge in [-0.15, -0.1) is 0 Å². The molecule has 0 radical (unpaired) electrons. The highest BCUT2D eigenvalue weighted by Crippen LogP contribution is 2.37. The Bertz CT molecular complexity index is 1130. The molecule has 4 rings (SSSR count). The second-order valence-electron chi connectivity index (χ2n) is 11.7. The van der Waals surface area contributed by atoms with Crippen molar-refractivity contribution in [2.24, 2.45) is 0 Å². The van der Waals surface area contributed by atoms with Gasteiger partial charge in [0.2, 0.25) is 0 Å². The van der Waals surface area contributed by atoms with Gasteiger partial charge in [0.05, 0.1) is 19.2 Å². The lowest BCUT2D eigenvalue weighted by atomic mass is 10.0. The van der Waals surface area contributed by atoms with E-state index in [1.807, 2.05) is 69.3 Å². The largest absolute Gasteiger partial charge is 0.498 e. The molecule has 0 bridgehead atoms. The Hall–Kier alpha value is -3.26. The first kappa shape index (κ1) is 26.8. The Balaban J connectivity index is 1.49. The molecule has 2 aromatic carbocycles. The highest BCUT2D eigenvalue weighted by atomic mass is 16.6. The van der Waals surface area contributed by atoms with Gasteiger partial charge < -0.3 is 24.1 Å². The standard InChI is InChI=1S/C29H38N2O6/c1-28(2,3)37-26(32)30-14-15-31(27(33)34,19-21-9-7-6-8-10-21)20-23(30)13-16-35-24-11-12-25-22(17-24)18-29(4,5)36-25/h6-12,17,23H,13-16,18-20H2,1-5H3/t23-,31?/m1/s1. The lowest BCUT2D eigenvalue weighted by Gasteiger charge is -2.48. The number of hydrogen-bond acceptors (Lipinski definition) is 6. The Kier molecular flexibility index (Phi) is 7.42. The zero-order valence-corrected chi connectivity index (χ0v) is 22.5. The summed E-state index contributed by atoms with van der Waals surface area (Å²) in [5, 5.41) is 12.5. The van der Waals surface area contributed by atoms with Crippen LogP contribution in [-0.2, 0) is 17.7 Å². The second-order valence-corrected chi connectivity index (χ2v) is 11.7. The number of carboxylic acid groups (broad SMARTS) is 1. The van der Waals surface area contributed by atoms with E-state index < -0.39 is 17.8 Å². The summed E-state index contributed by atoms with van der Waals surface area (Å²) in [6.45, 7) is 10.9. The average Bonchev–Trinajstić information content (AvgIpc) is 3.11. The summed E-state index contributed by atoms with van der Waals surface area (Å²) in [7, 11) is 0. The zero-order chi connectivity index (χ0) is 26.8. The van der Waals surface area contributed by atoms with Crippen LogP contribution in [0.4, 0.5) is 9.59 Å². The van der Waals surface area contributed by atoms with Crippen molar-refractivity contribution in [2.45, 2.75) is 71.2 Å². The minimum Gasteiger partial charge on any atom is -0.498 e. The Labute approximate surface area is 219 Å². The quantitative estimate of drug-likeness (QED) is 0.543. The van der Waals surface area contributed by atoms with E-state index in [2.05, 4.69) is 13.8 Å². The topological polar surface area (TPSA) is 88.1 Å². The molecular weight excluding hydrogens is 472 g/mol. The molecule has 0 aromatic heterocycles. The summed E-state index contributed by atoms with van der Waals surface area (Å²) in [4.78, 5) is 27.2. The van der Waals surface area contributed by atoms with Gasteiger partial charge in [-0.05, 0) is 52.8 Å². The molecule has 1 unspecified atom stereocenters. The molecule has 37 heavy (non-hydrogen) atoms. The molecule has 2 atom stereocenters. The summed E-state index contributed by atoms with van der Waals surface area (Å²) in [6, 6.07) is 14.9. The number of quaternary nitrogens is 1. The van der Waals surface area contributed by atoms with Crippen molar-refractivity contribution in [3.63, 3.8) is 0 Å². The first-order valence-corrected chi connectivity index (χ1v) is 12.9. The third-order valence-electron chi connectivity index (χ3n) is 6.87. The van der Waals surface area contributed by atoms with Gasteiger partial charge in [-0.3, -0.25) is 9.38 Å². The van der Waals surface area contributed by atoms with E-state index in [1.165, 1.54) is 0 Å². The Morgan fingerprint density at radius 3 is 2.57 bits per heavy atom. The fourth-order valence-corrected chi connectivity index (χ4v) is 5.18. The molecule has 8 heteroatoms. The third-order valence-corrected chi connectivity index (χ3v) is 6.87. The van der Waals surface area contributed by atoms with Crippen molar-refractivity contribution in [2.75, 3.05) is 26.2 Å². The maximum absolute atomic E-state index is 13.1. The van der Waals surface area contributed by atoms with Crippen molar-refractivity contribution in [1.82, 2.24) is 4.90 Å². The summed E-state index contributed by atoms with van der Waals surface area (Å²) in [6.07, 6.45) is -0.315. The fourth-order valence-electron chi connectivity index (χ4n) is 5.18. The molecule has 1 fully saturated rings. The fraction of sp³-hybridized carbons (Fsp3) is 0.517. The molecule has 0 spiro atoms. The lowest BCUT2D eigenvalue weighted by molar-refractivity contribution is -0.895. The van der Waals surface area contributed by atoms with Crippen LogP contribution < -0.4 is 14.6 Å². The van der Waals surface area contributed by atoms with Crippen LogP contribution in [0.2, 0.25) is 0 Å². The molecule has 0 aliphatic carbocycles. The second kappa shape index (κ2) is 10.2. The summed E-state index contributed by atoms with van der Waals surface area (Å²) >= 11 is 0. The maximum Gasteiger partial charge on any atom is 0.410 e. The van der Waals surface area contributed by atoms with Gasteiger partial charge in [-0.25, -0.2) is 4.79 Å². The van der Waals surface area contributed by atoms with E-state index in [1.54, 1.807) is 4.90 Å². The number of rotatable bonds is 6. The van der Waals surface area contributed by atoms with Crippen LogP contribution in [0.25, 0.3) is 0 Å². The highest BCUT2D eigenvalue weighted by Gasteiger charge is 2.44. The van der Waals surface area contributed by atoms with Gasteiger partial charge in [0.25, 0.3) is 6.09 Å². The molecular formula is C29H38N2O6. The number of ether oxygens (including phenoxy) is 3. The third kappa shape index (κ3) is 6.55. The SMILES string of the molecule is CC(C)(C)OC(=O)N1CC[N+](Cc2ccccc2)(C(=O)[O-])C[C@H]1CCOc1ccc2c(c1)CC(C)(C)O2. The van der Waals surface area contributed by atoms with E-state index in [9.17, 15) is 14.7 Å². The number of amides is 2. The van der Waals surface area contributed by atoms with Gasteiger partial charge in [0.15, 0.2) is 0 Å². The number of nitrogens with zero attached hydrogens (tertiary/aromatic N) is 2. The lowest BCUT2D eigenvalue weighted by Crippen LogP contribution is -2.69. The van der Waals surface area contributed by atoms with Crippen LogP contribution in [0.1, 0.15) is 52.2 Å². The zero-order valence-electron chi connectivity index (χ0n) is 22.5. The predicted molar refractivity (Wildman–Crippen MR) is 137 cm³/mol. The van der Waals surface area contributed by atoms with Crippen LogP contribution in [0, 0.1) is 0 Å². The summed E-state index contributed by atoms with van der Waals surface area (Å²) in [5.41, 5.74) is 1.13. The first-order chi connectivity index (χ1) is 17.4. The number of piperazine rings is 1. The van der Waals surface area contributed by atoms with Crippen LogP contribution in [0.5, 0.6) is 11.5 Å². The van der Waals surface area contributed by atoms with E-state index >= 15 is 0 Å². The monoisotopic (exact) mass is 510 g/mol. The molecule has 1 saturated heterocycles. The summed E-state index contributed by atoms with van der Waals surface area (Å²) < 4.78 is 17.4.